The third-order valence-corrected chi connectivity index (χ3v) is 4.10. The summed E-state index contributed by atoms with van der Waals surface area (Å²) in [6.07, 6.45) is 1.67. The minimum Gasteiger partial charge on any atom is -0.478 e. The van der Waals surface area contributed by atoms with Crippen molar-refractivity contribution in [1.82, 2.24) is 9.55 Å². The van der Waals surface area contributed by atoms with E-state index in [0.29, 0.717) is 5.69 Å². The first-order chi connectivity index (χ1) is 9.97. The van der Waals surface area contributed by atoms with Crippen molar-refractivity contribution in [3.8, 4) is 5.69 Å². The number of aryl methyl sites for hydroxylation is 2. The van der Waals surface area contributed by atoms with Crippen LogP contribution in [0.4, 0.5) is 0 Å². The van der Waals surface area contributed by atoms with E-state index in [-0.39, 0.29) is 5.56 Å². The van der Waals surface area contributed by atoms with E-state index in [2.05, 4.69) is 20.9 Å². The van der Waals surface area contributed by atoms with Crippen molar-refractivity contribution in [3.63, 3.8) is 0 Å². The third-order valence-electron chi connectivity index (χ3n) is 3.61. The standard InChI is InChI=1S/C16H13BrN2O2/c1-9-5-13-15(6-10(9)2)19(8-18-13)14-4-3-11(17)7-12(14)16(20)21/h3-8H,1-2H3,(H,20,21). The van der Waals surface area contributed by atoms with Crippen molar-refractivity contribution in [2.45, 2.75) is 13.8 Å². The lowest BCUT2D eigenvalue weighted by Gasteiger charge is -2.10. The number of benzene rings is 2. The molecule has 0 spiro atoms. The summed E-state index contributed by atoms with van der Waals surface area (Å²) < 4.78 is 2.55. The first-order valence-electron chi connectivity index (χ1n) is 6.45. The molecule has 2 aromatic carbocycles. The summed E-state index contributed by atoms with van der Waals surface area (Å²) in [6.45, 7) is 4.07. The summed E-state index contributed by atoms with van der Waals surface area (Å²) in [5.74, 6) is -0.961. The third kappa shape index (κ3) is 2.34. The molecule has 106 valence electrons. The molecule has 1 aromatic heterocycles. The number of aromatic carboxylic acids is 1. The number of fused-ring (bicyclic) bond motifs is 1. The Labute approximate surface area is 130 Å². The highest BCUT2D eigenvalue weighted by atomic mass is 79.9. The summed E-state index contributed by atoms with van der Waals surface area (Å²) in [6, 6.07) is 9.26. The number of hydrogen-bond acceptors (Lipinski definition) is 2. The van der Waals surface area contributed by atoms with Gasteiger partial charge in [-0.15, -0.1) is 0 Å². The normalized spacial score (nSPS) is 11.0. The molecule has 3 rings (SSSR count). The van der Waals surface area contributed by atoms with Gasteiger partial charge in [-0.1, -0.05) is 15.9 Å². The molecule has 0 saturated carbocycles. The molecule has 0 bridgehead atoms. The van der Waals surface area contributed by atoms with E-state index in [1.165, 1.54) is 5.56 Å². The minimum absolute atomic E-state index is 0.238. The van der Waals surface area contributed by atoms with Crippen LogP contribution in [0.15, 0.2) is 41.1 Å². The van der Waals surface area contributed by atoms with Crippen LogP contribution in [0.25, 0.3) is 16.7 Å². The fraction of sp³-hybridized carbons (Fsp3) is 0.125. The molecule has 1 N–H and O–H groups in total. The summed E-state index contributed by atoms with van der Waals surface area (Å²) in [5, 5.41) is 9.41. The fourth-order valence-corrected chi connectivity index (χ4v) is 2.71. The number of rotatable bonds is 2. The first-order valence-corrected chi connectivity index (χ1v) is 7.24. The van der Waals surface area contributed by atoms with Crippen molar-refractivity contribution in [1.29, 1.82) is 0 Å². The smallest absolute Gasteiger partial charge is 0.337 e. The van der Waals surface area contributed by atoms with Crippen LogP contribution in [-0.2, 0) is 0 Å². The maximum atomic E-state index is 11.5. The fourth-order valence-electron chi connectivity index (χ4n) is 2.35. The Morgan fingerprint density at radius 2 is 1.90 bits per heavy atom. The number of imidazole rings is 1. The zero-order chi connectivity index (χ0) is 15.1. The van der Waals surface area contributed by atoms with Crippen molar-refractivity contribution in [3.05, 3.63) is 57.8 Å². The molecule has 0 aliphatic rings. The lowest BCUT2D eigenvalue weighted by molar-refractivity contribution is 0.0697. The van der Waals surface area contributed by atoms with Crippen molar-refractivity contribution < 1.29 is 9.90 Å². The summed E-state index contributed by atoms with van der Waals surface area (Å²) in [7, 11) is 0. The van der Waals surface area contributed by atoms with Gasteiger partial charge in [0.1, 0.15) is 6.33 Å². The van der Waals surface area contributed by atoms with E-state index in [1.54, 1.807) is 18.5 Å². The SMILES string of the molecule is Cc1cc2ncn(-c3ccc(Br)cc3C(=O)O)c2cc1C. The summed E-state index contributed by atoms with van der Waals surface area (Å²) >= 11 is 3.31. The molecule has 4 nitrogen and oxygen atoms in total. The van der Waals surface area contributed by atoms with Gasteiger partial charge in [-0.3, -0.25) is 4.57 Å². The number of carbonyl (C=O) groups is 1. The number of aromatic nitrogens is 2. The molecule has 21 heavy (non-hydrogen) atoms. The molecule has 5 heteroatoms. The molecule has 0 radical (unpaired) electrons. The van der Waals surface area contributed by atoms with Gasteiger partial charge in [0.05, 0.1) is 22.3 Å². The molecule has 3 aromatic rings. The highest BCUT2D eigenvalue weighted by Gasteiger charge is 2.15. The minimum atomic E-state index is -0.961. The van der Waals surface area contributed by atoms with Gasteiger partial charge in [-0.25, -0.2) is 9.78 Å². The Balaban J connectivity index is 2.31. The molecule has 0 atom stereocenters. The Hall–Kier alpha value is -2.14. The van der Waals surface area contributed by atoms with Crippen LogP contribution in [-0.4, -0.2) is 20.6 Å². The van der Waals surface area contributed by atoms with Gasteiger partial charge >= 0.3 is 5.97 Å². The molecule has 0 amide bonds. The lowest BCUT2D eigenvalue weighted by Crippen LogP contribution is -2.04. The number of nitrogens with zero attached hydrogens (tertiary/aromatic N) is 2. The van der Waals surface area contributed by atoms with Gasteiger partial charge in [0.15, 0.2) is 0 Å². The molecular weight excluding hydrogens is 332 g/mol. The van der Waals surface area contributed by atoms with E-state index in [9.17, 15) is 9.90 Å². The van der Waals surface area contributed by atoms with Crippen molar-refractivity contribution in [2.75, 3.05) is 0 Å². The van der Waals surface area contributed by atoms with Crippen LogP contribution < -0.4 is 0 Å². The van der Waals surface area contributed by atoms with Crippen LogP contribution in [0.2, 0.25) is 0 Å². The van der Waals surface area contributed by atoms with E-state index in [1.807, 2.05) is 36.6 Å². The maximum Gasteiger partial charge on any atom is 0.337 e. The topological polar surface area (TPSA) is 55.1 Å². The monoisotopic (exact) mass is 344 g/mol. The number of carboxylic acids is 1. The second-order valence-corrected chi connectivity index (χ2v) is 5.92. The van der Waals surface area contributed by atoms with Gasteiger partial charge < -0.3 is 5.11 Å². The molecule has 0 unspecified atom stereocenters. The molecule has 1 heterocycles. The van der Waals surface area contributed by atoms with Crippen molar-refractivity contribution >= 4 is 32.9 Å². The lowest BCUT2D eigenvalue weighted by atomic mass is 10.1. The number of carboxylic acid groups (broad SMARTS) is 1. The average Bonchev–Trinajstić information content (AvgIpc) is 2.82. The van der Waals surface area contributed by atoms with Gasteiger partial charge in [0.25, 0.3) is 0 Å². The number of hydrogen-bond donors (Lipinski definition) is 1. The molecule has 0 aliphatic heterocycles. The molecular formula is C16H13BrN2O2. The number of halogens is 1. The Morgan fingerprint density at radius 3 is 2.62 bits per heavy atom. The zero-order valence-corrected chi connectivity index (χ0v) is 13.2. The average molecular weight is 345 g/mol. The summed E-state index contributed by atoms with van der Waals surface area (Å²) in [5.41, 5.74) is 4.93. The highest BCUT2D eigenvalue weighted by molar-refractivity contribution is 9.10. The van der Waals surface area contributed by atoms with Crippen LogP contribution in [0.3, 0.4) is 0 Å². The molecule has 0 aliphatic carbocycles. The maximum absolute atomic E-state index is 11.5. The quantitative estimate of drug-likeness (QED) is 0.761. The van der Waals surface area contributed by atoms with Crippen LogP contribution >= 0.6 is 15.9 Å². The van der Waals surface area contributed by atoms with E-state index in [4.69, 9.17) is 0 Å². The Kier molecular flexibility index (Phi) is 3.29. The predicted molar refractivity (Wildman–Crippen MR) is 85.2 cm³/mol. The van der Waals surface area contributed by atoms with Gasteiger partial charge in [-0.2, -0.15) is 0 Å². The van der Waals surface area contributed by atoms with Gasteiger partial charge in [0, 0.05) is 4.47 Å². The summed E-state index contributed by atoms with van der Waals surface area (Å²) in [4.78, 5) is 15.8. The van der Waals surface area contributed by atoms with E-state index in [0.717, 1.165) is 21.1 Å². The zero-order valence-electron chi connectivity index (χ0n) is 11.6. The first kappa shape index (κ1) is 13.8. The second kappa shape index (κ2) is 5.00. The largest absolute Gasteiger partial charge is 0.478 e. The van der Waals surface area contributed by atoms with Crippen LogP contribution in [0.5, 0.6) is 0 Å². The Morgan fingerprint density at radius 1 is 1.19 bits per heavy atom. The van der Waals surface area contributed by atoms with E-state index >= 15 is 0 Å². The van der Waals surface area contributed by atoms with E-state index < -0.39 is 5.97 Å². The highest BCUT2D eigenvalue weighted by Crippen LogP contribution is 2.25. The van der Waals surface area contributed by atoms with Gasteiger partial charge in [-0.05, 0) is 55.3 Å². The van der Waals surface area contributed by atoms with Gasteiger partial charge in [0.2, 0.25) is 0 Å². The second-order valence-electron chi connectivity index (χ2n) is 5.01. The molecule has 0 saturated heterocycles. The van der Waals surface area contributed by atoms with Crippen LogP contribution in [0.1, 0.15) is 21.5 Å². The predicted octanol–water partition coefficient (Wildman–Crippen LogP) is 4.10. The van der Waals surface area contributed by atoms with Crippen LogP contribution in [0, 0.1) is 13.8 Å². The van der Waals surface area contributed by atoms with Crippen molar-refractivity contribution in [2.24, 2.45) is 0 Å². The molecule has 0 fully saturated rings. The Bertz CT molecular complexity index is 868.